The van der Waals surface area contributed by atoms with Crippen LogP contribution in [-0.4, -0.2) is 18.0 Å². The lowest BCUT2D eigenvalue weighted by molar-refractivity contribution is 0.590. The number of anilines is 12. The second-order valence-electron chi connectivity index (χ2n) is 31.7. The molecule has 0 amide bonds. The highest BCUT2D eigenvalue weighted by Gasteiger charge is 2.49. The molecule has 4 aliphatic rings. The molecule has 0 spiro atoms. The van der Waals surface area contributed by atoms with Crippen LogP contribution in [0.4, 0.5) is 68.2 Å². The average Bonchev–Trinajstić information content (AvgIpc) is 0.770. The van der Waals surface area contributed by atoms with Crippen LogP contribution in [0.2, 0.25) is 0 Å². The number of hydrogen-bond acceptors (Lipinski definition) is 5. The molecule has 4 aliphatic heterocycles. The zero-order valence-electron chi connectivity index (χ0n) is 60.3. The van der Waals surface area contributed by atoms with Crippen molar-refractivity contribution in [3.8, 4) is 27.9 Å². The molecule has 0 saturated heterocycles. The number of fused-ring (bicyclic) bond motifs is 11. The van der Waals surface area contributed by atoms with Crippen molar-refractivity contribution in [1.82, 2.24) is 4.57 Å². The predicted octanol–water partition coefficient (Wildman–Crippen LogP) is 22.3. The summed E-state index contributed by atoms with van der Waals surface area (Å²) in [4.78, 5) is 12.9. The van der Waals surface area contributed by atoms with Gasteiger partial charge in [-0.15, -0.1) is 0 Å². The Kier molecular flexibility index (Phi) is 14.7. The largest absolute Gasteiger partial charge is 0.311 e. The fraction of sp³-hybridized carbons (Fsp3) is 0.125. The van der Waals surface area contributed by atoms with Gasteiger partial charge >= 0.3 is 0 Å². The number of rotatable bonds is 9. The maximum absolute atomic E-state index is 2.71. The fourth-order valence-corrected chi connectivity index (χ4v) is 18.4. The van der Waals surface area contributed by atoms with E-state index < -0.39 is 0 Å². The molecule has 0 radical (unpaired) electrons. The van der Waals surface area contributed by atoms with Gasteiger partial charge in [-0.3, -0.25) is 0 Å². The van der Waals surface area contributed by atoms with Crippen LogP contribution in [0.15, 0.2) is 325 Å². The van der Waals surface area contributed by atoms with Gasteiger partial charge in [0.15, 0.2) is 0 Å². The molecule has 8 heteroatoms. The van der Waals surface area contributed by atoms with E-state index in [1.165, 1.54) is 86.8 Å². The highest BCUT2D eigenvalue weighted by molar-refractivity contribution is 8.00. The van der Waals surface area contributed by atoms with Crippen molar-refractivity contribution in [3.63, 3.8) is 0 Å². The van der Waals surface area contributed by atoms with Crippen LogP contribution in [0.25, 0.3) is 49.7 Å². The molecule has 5 heterocycles. The first kappa shape index (κ1) is 63.5. The second-order valence-corrected chi connectivity index (χ2v) is 32.8. The minimum absolute atomic E-state index is 0.0442. The zero-order chi connectivity index (χ0) is 70.5. The van der Waals surface area contributed by atoms with Crippen molar-refractivity contribution in [2.75, 3.05) is 19.6 Å². The van der Waals surface area contributed by atoms with Gasteiger partial charge in [-0.1, -0.05) is 280 Å². The zero-order valence-corrected chi connectivity index (χ0v) is 61.1. The summed E-state index contributed by atoms with van der Waals surface area (Å²) in [6, 6.07) is 120. The van der Waals surface area contributed by atoms with Gasteiger partial charge < -0.3 is 24.2 Å². The first-order valence-electron chi connectivity index (χ1n) is 36.7. The maximum Gasteiger partial charge on any atom is 0.252 e. The van der Waals surface area contributed by atoms with Crippen LogP contribution in [0.5, 0.6) is 0 Å². The highest BCUT2D eigenvalue weighted by Crippen LogP contribution is 2.54. The van der Waals surface area contributed by atoms with Crippen molar-refractivity contribution in [2.24, 2.45) is 0 Å². The molecule has 15 aromatic rings. The highest BCUT2D eigenvalue weighted by atomic mass is 32.2. The van der Waals surface area contributed by atoms with Crippen LogP contribution in [-0.2, 0) is 16.2 Å². The van der Waals surface area contributed by atoms with Crippen LogP contribution < -0.4 is 52.4 Å². The van der Waals surface area contributed by atoms with E-state index in [0.717, 1.165) is 90.5 Å². The minimum atomic E-state index is -0.211. The van der Waals surface area contributed by atoms with Gasteiger partial charge in [-0.05, 0) is 187 Å². The van der Waals surface area contributed by atoms with E-state index in [9.17, 15) is 0 Å². The molecule has 0 atom stereocenters. The Morgan fingerprint density at radius 1 is 0.288 bits per heavy atom. The van der Waals surface area contributed by atoms with Gasteiger partial charge in [-0.2, -0.15) is 0 Å². The number of aromatic nitrogens is 1. The molecule has 1 aromatic heterocycles. The van der Waals surface area contributed by atoms with Crippen molar-refractivity contribution >= 4 is 148 Å². The lowest BCUT2D eigenvalue weighted by atomic mass is 9.30. The van der Waals surface area contributed by atoms with Crippen molar-refractivity contribution in [1.29, 1.82) is 0 Å². The summed E-state index contributed by atoms with van der Waals surface area (Å²) >= 11 is 1.92. The van der Waals surface area contributed by atoms with Gasteiger partial charge in [0.1, 0.15) is 0 Å². The molecule has 0 fully saturated rings. The topological polar surface area (TPSA) is 17.9 Å². The summed E-state index contributed by atoms with van der Waals surface area (Å²) in [7, 11) is 0. The summed E-state index contributed by atoms with van der Waals surface area (Å²) in [6.07, 6.45) is 0. The standard InChI is InChI=1S/C96H79B2N5S/c1-94(2,3)64-46-50-70(51-47-64)101-84-61-85-80(60-79(84)98-78-43-26-28-45-89(78)104-90-59-72(58-88(101)92(90)98)102-81-52-48-65(95(4,5)6)54-75(81)76-55-66(96(7,8)9)49-53-82(76)102)97-77-42-25-27-44-83(77)100(69-38-23-14-24-39-69)86-56-71(99(67-34-19-12-20-35-67)68-36-21-13-22-37-68)57-87(91(86)97)103(85)93-73(62-30-15-10-16-31-62)40-29-41-74(93)63-32-17-11-18-33-63/h10-61H,1-9H3. The predicted molar refractivity (Wildman–Crippen MR) is 446 cm³/mol. The molecule has 0 bridgehead atoms. The first-order chi connectivity index (χ1) is 50.5. The van der Waals surface area contributed by atoms with E-state index in [1.807, 2.05) is 11.8 Å². The Hall–Kier alpha value is -11.4. The second kappa shape index (κ2) is 24.1. The Labute approximate surface area is 616 Å². The summed E-state index contributed by atoms with van der Waals surface area (Å²) in [5.41, 5.74) is 32.9. The van der Waals surface area contributed by atoms with Gasteiger partial charge in [0, 0.05) is 94.3 Å². The Bertz CT molecular complexity index is 5750. The van der Waals surface area contributed by atoms with E-state index in [0.29, 0.717) is 0 Å². The molecular formula is C96H79B2N5S. The number of para-hydroxylation sites is 5. The normalized spacial score (nSPS) is 13.5. The molecule has 19 rings (SSSR count). The van der Waals surface area contributed by atoms with Gasteiger partial charge in [0.05, 0.1) is 22.4 Å². The third kappa shape index (κ3) is 10.2. The molecule has 0 unspecified atom stereocenters. The number of nitrogens with zero attached hydrogens (tertiary/aromatic N) is 5. The molecule has 104 heavy (non-hydrogen) atoms. The van der Waals surface area contributed by atoms with Crippen molar-refractivity contribution in [2.45, 2.75) is 88.3 Å². The van der Waals surface area contributed by atoms with Crippen LogP contribution in [0.1, 0.15) is 79.0 Å². The first-order valence-corrected chi connectivity index (χ1v) is 37.5. The third-order valence-corrected chi connectivity index (χ3v) is 23.4. The third-order valence-electron chi connectivity index (χ3n) is 22.2. The van der Waals surface area contributed by atoms with Gasteiger partial charge in [-0.25, -0.2) is 0 Å². The molecule has 0 N–H and O–H groups in total. The molecule has 0 saturated carbocycles. The van der Waals surface area contributed by atoms with E-state index in [2.05, 4.69) is 402 Å². The lowest BCUT2D eigenvalue weighted by Gasteiger charge is -2.47. The fourth-order valence-electron chi connectivity index (χ4n) is 17.2. The van der Waals surface area contributed by atoms with Crippen LogP contribution in [0, 0.1) is 0 Å². The van der Waals surface area contributed by atoms with Crippen molar-refractivity contribution < 1.29 is 0 Å². The van der Waals surface area contributed by atoms with Crippen molar-refractivity contribution in [3.05, 3.63) is 332 Å². The smallest absolute Gasteiger partial charge is 0.252 e. The quantitative estimate of drug-likeness (QED) is 0.134. The van der Waals surface area contributed by atoms with E-state index in [-0.39, 0.29) is 29.7 Å². The molecule has 5 nitrogen and oxygen atoms in total. The summed E-state index contributed by atoms with van der Waals surface area (Å²) in [5, 5.41) is 2.55. The van der Waals surface area contributed by atoms with Gasteiger partial charge in [0.2, 0.25) is 6.71 Å². The average molecular weight is 1360 g/mol. The molecule has 0 aliphatic carbocycles. The van der Waals surface area contributed by atoms with Crippen LogP contribution in [0.3, 0.4) is 0 Å². The summed E-state index contributed by atoms with van der Waals surface area (Å²) < 4.78 is 2.58. The van der Waals surface area contributed by atoms with Crippen LogP contribution >= 0.6 is 11.8 Å². The monoisotopic (exact) mass is 1360 g/mol. The lowest BCUT2D eigenvalue weighted by Crippen LogP contribution is -2.64. The SMILES string of the molecule is CC(C)(C)c1ccc(N2c3cc4c(cc3B3c5ccccc5Sc5cc(-n6c7ccc(C(C)(C)C)cc7c7cc(C(C)(C)C)ccc76)cc2c53)B2c3ccccc3N(c3ccccc3)c3cc(N(c5ccccc5)c5ccccc5)cc(c32)N4c2c(-c3ccccc3)cccc2-c2ccccc2)cc1. The minimum Gasteiger partial charge on any atom is -0.311 e. The van der Waals surface area contributed by atoms with E-state index in [4.69, 9.17) is 0 Å². The molecule has 14 aromatic carbocycles. The van der Waals surface area contributed by atoms with E-state index in [1.54, 1.807) is 0 Å². The molecular weight excluding hydrogens is 1280 g/mol. The Morgan fingerprint density at radius 2 is 0.740 bits per heavy atom. The number of hydrogen-bond donors (Lipinski definition) is 0. The molecule has 500 valence electrons. The summed E-state index contributed by atoms with van der Waals surface area (Å²) in [5.74, 6) is 0. The maximum atomic E-state index is 2.71. The summed E-state index contributed by atoms with van der Waals surface area (Å²) in [6.45, 7) is 20.6. The number of benzene rings is 14. The Morgan fingerprint density at radius 3 is 1.31 bits per heavy atom. The Balaban J connectivity index is 0.967. The van der Waals surface area contributed by atoms with E-state index >= 15 is 0 Å². The van der Waals surface area contributed by atoms with Gasteiger partial charge in [0.25, 0.3) is 6.71 Å².